The third-order valence-electron chi connectivity index (χ3n) is 4.22. The number of hydrogen-bond donors (Lipinski definition) is 1. The van der Waals surface area contributed by atoms with Gasteiger partial charge in [-0.25, -0.2) is 0 Å². The first-order valence-electron chi connectivity index (χ1n) is 8.30. The number of aliphatic carboxylic acids is 1. The van der Waals surface area contributed by atoms with Crippen LogP contribution in [-0.4, -0.2) is 42.3 Å². The molecule has 0 saturated carbocycles. The SMILES string of the molecule is Cl.O=C(O)CCCCN(Cc1ccccc1)CC1CCOCC1. The van der Waals surface area contributed by atoms with Crippen molar-refractivity contribution in [2.75, 3.05) is 26.3 Å². The van der Waals surface area contributed by atoms with Crippen molar-refractivity contribution in [1.82, 2.24) is 4.90 Å². The van der Waals surface area contributed by atoms with Gasteiger partial charge in [-0.05, 0) is 43.7 Å². The molecule has 0 aromatic heterocycles. The molecule has 0 aliphatic carbocycles. The number of rotatable bonds is 9. The van der Waals surface area contributed by atoms with Gasteiger partial charge in [0.15, 0.2) is 0 Å². The minimum absolute atomic E-state index is 0. The third-order valence-corrected chi connectivity index (χ3v) is 4.22. The van der Waals surface area contributed by atoms with Crippen molar-refractivity contribution in [1.29, 1.82) is 0 Å². The van der Waals surface area contributed by atoms with E-state index in [-0.39, 0.29) is 18.8 Å². The Kier molecular flexibility index (Phi) is 9.92. The summed E-state index contributed by atoms with van der Waals surface area (Å²) < 4.78 is 5.44. The van der Waals surface area contributed by atoms with Gasteiger partial charge in [0.05, 0.1) is 0 Å². The molecular formula is C18H28ClNO3. The standard InChI is InChI=1S/C18H27NO3.ClH/c20-18(21)8-4-5-11-19(14-16-6-2-1-3-7-16)15-17-9-12-22-13-10-17;/h1-3,6-7,17H,4-5,8-15H2,(H,20,21);1H. The second-order valence-corrected chi connectivity index (χ2v) is 6.13. The molecule has 1 aliphatic rings. The summed E-state index contributed by atoms with van der Waals surface area (Å²) in [6.45, 7) is 4.77. The topological polar surface area (TPSA) is 49.8 Å². The Morgan fingerprint density at radius 1 is 1.17 bits per heavy atom. The molecule has 2 rings (SSSR count). The monoisotopic (exact) mass is 341 g/mol. The van der Waals surface area contributed by atoms with Crippen LogP contribution in [0.25, 0.3) is 0 Å². The smallest absolute Gasteiger partial charge is 0.303 e. The van der Waals surface area contributed by atoms with Gasteiger partial charge in [0, 0.05) is 32.7 Å². The summed E-state index contributed by atoms with van der Waals surface area (Å²) in [6.07, 6.45) is 4.26. The largest absolute Gasteiger partial charge is 0.481 e. The number of ether oxygens (including phenoxy) is 1. The fourth-order valence-electron chi connectivity index (χ4n) is 2.98. The van der Waals surface area contributed by atoms with Crippen LogP contribution in [0.3, 0.4) is 0 Å². The molecule has 1 fully saturated rings. The van der Waals surface area contributed by atoms with Crippen molar-refractivity contribution >= 4 is 18.4 Å². The molecule has 0 unspecified atom stereocenters. The van der Waals surface area contributed by atoms with E-state index in [1.807, 2.05) is 6.07 Å². The maximum atomic E-state index is 10.6. The number of carboxylic acids is 1. The maximum Gasteiger partial charge on any atom is 0.303 e. The van der Waals surface area contributed by atoms with Gasteiger partial charge < -0.3 is 9.84 Å². The van der Waals surface area contributed by atoms with Crippen molar-refractivity contribution in [3.63, 3.8) is 0 Å². The number of carboxylic acid groups (broad SMARTS) is 1. The Bertz CT molecular complexity index is 435. The van der Waals surface area contributed by atoms with E-state index in [0.29, 0.717) is 5.92 Å². The highest BCUT2D eigenvalue weighted by Crippen LogP contribution is 2.18. The van der Waals surface area contributed by atoms with E-state index in [0.717, 1.165) is 58.5 Å². The van der Waals surface area contributed by atoms with Gasteiger partial charge in [-0.15, -0.1) is 12.4 Å². The van der Waals surface area contributed by atoms with Gasteiger partial charge >= 0.3 is 5.97 Å². The maximum absolute atomic E-state index is 10.6. The number of nitrogens with zero attached hydrogens (tertiary/aromatic N) is 1. The van der Waals surface area contributed by atoms with E-state index in [1.54, 1.807) is 0 Å². The van der Waals surface area contributed by atoms with Crippen LogP contribution in [0.5, 0.6) is 0 Å². The normalized spacial score (nSPS) is 15.3. The molecule has 1 heterocycles. The van der Waals surface area contributed by atoms with Crippen LogP contribution in [0.4, 0.5) is 0 Å². The summed E-state index contributed by atoms with van der Waals surface area (Å²) >= 11 is 0. The van der Waals surface area contributed by atoms with Crippen LogP contribution in [0.1, 0.15) is 37.7 Å². The lowest BCUT2D eigenvalue weighted by atomic mass is 9.99. The number of hydrogen-bond acceptors (Lipinski definition) is 3. The van der Waals surface area contributed by atoms with E-state index in [1.165, 1.54) is 5.56 Å². The molecule has 1 aromatic rings. The summed E-state index contributed by atoms with van der Waals surface area (Å²) in [4.78, 5) is 13.1. The molecular weight excluding hydrogens is 314 g/mol. The lowest BCUT2D eigenvalue weighted by Gasteiger charge is -2.30. The van der Waals surface area contributed by atoms with Gasteiger partial charge in [-0.2, -0.15) is 0 Å². The molecule has 0 spiro atoms. The van der Waals surface area contributed by atoms with Crippen molar-refractivity contribution < 1.29 is 14.6 Å². The lowest BCUT2D eigenvalue weighted by molar-refractivity contribution is -0.137. The highest BCUT2D eigenvalue weighted by Gasteiger charge is 2.17. The molecule has 0 amide bonds. The second kappa shape index (κ2) is 11.4. The molecule has 0 radical (unpaired) electrons. The molecule has 4 nitrogen and oxygen atoms in total. The van der Waals surface area contributed by atoms with Gasteiger partial charge in [-0.1, -0.05) is 30.3 Å². The molecule has 1 N–H and O–H groups in total. The van der Waals surface area contributed by atoms with E-state index in [9.17, 15) is 4.79 Å². The molecule has 23 heavy (non-hydrogen) atoms. The Morgan fingerprint density at radius 3 is 2.52 bits per heavy atom. The number of benzene rings is 1. The Balaban J connectivity index is 0.00000264. The third kappa shape index (κ3) is 8.35. The fraction of sp³-hybridized carbons (Fsp3) is 0.611. The minimum atomic E-state index is -0.695. The summed E-state index contributed by atoms with van der Waals surface area (Å²) in [5, 5.41) is 8.75. The van der Waals surface area contributed by atoms with Crippen molar-refractivity contribution in [2.45, 2.75) is 38.6 Å². The zero-order valence-corrected chi connectivity index (χ0v) is 14.5. The Labute approximate surface area is 145 Å². The molecule has 0 atom stereocenters. The molecule has 130 valence electrons. The predicted molar refractivity (Wildman–Crippen MR) is 94.0 cm³/mol. The van der Waals surface area contributed by atoms with E-state index >= 15 is 0 Å². The highest BCUT2D eigenvalue weighted by atomic mass is 35.5. The predicted octanol–water partition coefficient (Wildman–Crippen LogP) is 3.59. The van der Waals surface area contributed by atoms with E-state index < -0.39 is 5.97 Å². The molecule has 5 heteroatoms. The van der Waals surface area contributed by atoms with Crippen LogP contribution in [0.2, 0.25) is 0 Å². The van der Waals surface area contributed by atoms with Crippen LogP contribution < -0.4 is 0 Å². The van der Waals surface area contributed by atoms with Crippen LogP contribution in [0, 0.1) is 5.92 Å². The minimum Gasteiger partial charge on any atom is -0.481 e. The zero-order chi connectivity index (χ0) is 15.6. The number of unbranched alkanes of at least 4 members (excludes halogenated alkanes) is 1. The Morgan fingerprint density at radius 2 is 1.87 bits per heavy atom. The highest BCUT2D eigenvalue weighted by molar-refractivity contribution is 5.85. The number of carbonyl (C=O) groups is 1. The average Bonchev–Trinajstić information content (AvgIpc) is 2.53. The molecule has 0 bridgehead atoms. The summed E-state index contributed by atoms with van der Waals surface area (Å²) in [7, 11) is 0. The fourth-order valence-corrected chi connectivity index (χ4v) is 2.98. The average molecular weight is 342 g/mol. The first-order chi connectivity index (χ1) is 10.7. The van der Waals surface area contributed by atoms with E-state index in [4.69, 9.17) is 9.84 Å². The zero-order valence-electron chi connectivity index (χ0n) is 13.7. The first kappa shape index (κ1) is 19.9. The lowest BCUT2D eigenvalue weighted by Crippen LogP contribution is -2.33. The van der Waals surface area contributed by atoms with Gasteiger partial charge in [0.1, 0.15) is 0 Å². The first-order valence-corrected chi connectivity index (χ1v) is 8.30. The Hall–Kier alpha value is -1.10. The van der Waals surface area contributed by atoms with Crippen molar-refractivity contribution in [3.05, 3.63) is 35.9 Å². The number of halogens is 1. The summed E-state index contributed by atoms with van der Waals surface area (Å²) in [6, 6.07) is 10.5. The molecule has 1 aromatic carbocycles. The van der Waals surface area contributed by atoms with E-state index in [2.05, 4.69) is 29.2 Å². The van der Waals surface area contributed by atoms with Crippen LogP contribution in [0.15, 0.2) is 30.3 Å². The summed E-state index contributed by atoms with van der Waals surface area (Å²) in [5.74, 6) is 0.0102. The summed E-state index contributed by atoms with van der Waals surface area (Å²) in [5.41, 5.74) is 1.33. The van der Waals surface area contributed by atoms with Gasteiger partial charge in [0.2, 0.25) is 0 Å². The van der Waals surface area contributed by atoms with Crippen molar-refractivity contribution in [3.8, 4) is 0 Å². The van der Waals surface area contributed by atoms with Gasteiger partial charge in [-0.3, -0.25) is 9.69 Å². The quantitative estimate of drug-likeness (QED) is 0.697. The van der Waals surface area contributed by atoms with Crippen LogP contribution in [-0.2, 0) is 16.1 Å². The second-order valence-electron chi connectivity index (χ2n) is 6.13. The van der Waals surface area contributed by atoms with Crippen molar-refractivity contribution in [2.24, 2.45) is 5.92 Å². The van der Waals surface area contributed by atoms with Gasteiger partial charge in [0.25, 0.3) is 0 Å². The molecule has 1 aliphatic heterocycles. The van der Waals surface area contributed by atoms with Crippen LogP contribution >= 0.6 is 12.4 Å². The molecule has 1 saturated heterocycles.